The first-order chi connectivity index (χ1) is 13.4. The summed E-state index contributed by atoms with van der Waals surface area (Å²) in [5, 5.41) is 16.2. The molecule has 3 heterocycles. The van der Waals surface area contributed by atoms with Crippen molar-refractivity contribution in [3.8, 4) is 0 Å². The van der Waals surface area contributed by atoms with Crippen molar-refractivity contribution in [2.45, 2.75) is 30.8 Å². The molecule has 4 rings (SSSR count). The Labute approximate surface area is 171 Å². The third kappa shape index (κ3) is 3.70. The zero-order valence-electron chi connectivity index (χ0n) is 15.6. The fourth-order valence-corrected chi connectivity index (χ4v) is 4.24. The first kappa shape index (κ1) is 18.8. The Kier molecular flexibility index (Phi) is 4.99. The first-order valence-corrected chi connectivity index (χ1v) is 10.4. The van der Waals surface area contributed by atoms with Gasteiger partial charge in [0.15, 0.2) is 10.9 Å². The third-order valence-corrected chi connectivity index (χ3v) is 6.23. The van der Waals surface area contributed by atoms with Crippen molar-refractivity contribution in [2.24, 2.45) is 16.0 Å². The van der Waals surface area contributed by atoms with E-state index in [4.69, 9.17) is 9.83 Å². The van der Waals surface area contributed by atoms with E-state index in [2.05, 4.69) is 10.1 Å². The number of carbonyl (C=O) groups is 1. The van der Waals surface area contributed by atoms with Crippen LogP contribution in [-0.2, 0) is 4.79 Å². The van der Waals surface area contributed by atoms with Crippen molar-refractivity contribution in [2.75, 3.05) is 0 Å². The Morgan fingerprint density at radius 1 is 1.21 bits per heavy atom. The number of hydrogen-bond acceptors (Lipinski definition) is 6. The molecule has 8 heteroatoms. The SMILES string of the molecule is Cc1ccc(Sc2ccc(C=C3C(=N)N4N=C(C(C)C)SC4=NC3=O)o2)cc1. The van der Waals surface area contributed by atoms with Crippen molar-refractivity contribution in [1.82, 2.24) is 5.01 Å². The molecule has 0 fully saturated rings. The summed E-state index contributed by atoms with van der Waals surface area (Å²) < 4.78 is 5.82. The van der Waals surface area contributed by atoms with Crippen LogP contribution in [0.1, 0.15) is 25.2 Å². The minimum absolute atomic E-state index is 0.0160. The fraction of sp³-hybridized carbons (Fsp3) is 0.200. The average Bonchev–Trinajstić information content (AvgIpc) is 3.27. The smallest absolute Gasteiger partial charge is 0.283 e. The van der Waals surface area contributed by atoms with Crippen molar-refractivity contribution in [3.63, 3.8) is 0 Å². The quantitative estimate of drug-likeness (QED) is 0.716. The molecule has 1 N–H and O–H groups in total. The molecule has 6 nitrogen and oxygen atoms in total. The van der Waals surface area contributed by atoms with E-state index in [-0.39, 0.29) is 17.3 Å². The lowest BCUT2D eigenvalue weighted by Crippen LogP contribution is -2.35. The zero-order chi connectivity index (χ0) is 19.8. The Morgan fingerprint density at radius 3 is 2.68 bits per heavy atom. The van der Waals surface area contributed by atoms with Crippen molar-refractivity contribution in [1.29, 1.82) is 5.41 Å². The number of nitrogens with zero attached hydrogens (tertiary/aromatic N) is 3. The van der Waals surface area contributed by atoms with Gasteiger partial charge in [0.1, 0.15) is 10.8 Å². The number of hydrazone groups is 1. The number of amidine groups is 2. The second-order valence-electron chi connectivity index (χ2n) is 6.68. The molecular formula is C20H18N4O2S2. The monoisotopic (exact) mass is 410 g/mol. The maximum atomic E-state index is 12.4. The van der Waals surface area contributed by atoms with Gasteiger partial charge in [-0.2, -0.15) is 15.1 Å². The highest BCUT2D eigenvalue weighted by Gasteiger charge is 2.36. The number of nitrogens with one attached hydrogen (secondary N) is 1. The van der Waals surface area contributed by atoms with Gasteiger partial charge in [-0.15, -0.1) is 0 Å². The number of aliphatic imine (C=N–C) groups is 1. The van der Waals surface area contributed by atoms with Crippen molar-refractivity contribution in [3.05, 3.63) is 53.3 Å². The molecule has 0 saturated carbocycles. The number of aryl methyl sites for hydroxylation is 1. The minimum Gasteiger partial charge on any atom is -0.450 e. The maximum absolute atomic E-state index is 12.4. The van der Waals surface area contributed by atoms with E-state index in [1.54, 1.807) is 12.1 Å². The summed E-state index contributed by atoms with van der Waals surface area (Å²) in [6.45, 7) is 6.08. The van der Waals surface area contributed by atoms with Gasteiger partial charge in [0.2, 0.25) is 5.17 Å². The number of fused-ring (bicyclic) bond motifs is 1. The van der Waals surface area contributed by atoms with Crippen LogP contribution in [0.5, 0.6) is 0 Å². The topological polar surface area (TPSA) is 82.0 Å². The largest absolute Gasteiger partial charge is 0.450 e. The molecular weight excluding hydrogens is 392 g/mol. The predicted molar refractivity (Wildman–Crippen MR) is 114 cm³/mol. The first-order valence-electron chi connectivity index (χ1n) is 8.75. The van der Waals surface area contributed by atoms with Crippen LogP contribution in [0.25, 0.3) is 6.08 Å². The van der Waals surface area contributed by atoms with E-state index < -0.39 is 5.91 Å². The van der Waals surface area contributed by atoms with Crippen LogP contribution in [-0.4, -0.2) is 27.0 Å². The van der Waals surface area contributed by atoms with E-state index >= 15 is 0 Å². The Morgan fingerprint density at radius 2 is 1.96 bits per heavy atom. The standard InChI is InChI=1S/C20H18N4O2S2/c1-11(2)19-23-24-17(21)15(18(25)22-20(24)28-19)10-13-6-9-16(26-13)27-14-7-4-12(3)5-8-14/h4-11,21H,1-3H3. The lowest BCUT2D eigenvalue weighted by molar-refractivity contribution is -0.114. The summed E-state index contributed by atoms with van der Waals surface area (Å²) in [7, 11) is 0. The predicted octanol–water partition coefficient (Wildman–Crippen LogP) is 5.01. The van der Waals surface area contributed by atoms with Crippen LogP contribution in [0.4, 0.5) is 0 Å². The minimum atomic E-state index is -0.451. The second-order valence-corrected chi connectivity index (χ2v) is 8.75. The van der Waals surface area contributed by atoms with Crippen LogP contribution in [0.3, 0.4) is 0 Å². The summed E-state index contributed by atoms with van der Waals surface area (Å²) in [5.74, 6) is 0.275. The Hall–Kier alpha value is -2.58. The number of benzene rings is 1. The normalized spacial score (nSPS) is 18.0. The van der Waals surface area contributed by atoms with Gasteiger partial charge in [-0.05, 0) is 49.0 Å². The molecule has 0 radical (unpaired) electrons. The molecule has 0 spiro atoms. The van der Waals surface area contributed by atoms with Gasteiger partial charge >= 0.3 is 0 Å². The van der Waals surface area contributed by atoms with E-state index in [1.807, 2.05) is 51.1 Å². The number of hydrogen-bond donors (Lipinski definition) is 1. The van der Waals surface area contributed by atoms with E-state index in [0.717, 1.165) is 9.94 Å². The molecule has 2 aliphatic heterocycles. The van der Waals surface area contributed by atoms with Gasteiger partial charge in [0.25, 0.3) is 5.91 Å². The molecule has 28 heavy (non-hydrogen) atoms. The number of carbonyl (C=O) groups excluding carboxylic acids is 1. The number of rotatable bonds is 4. The molecule has 0 bridgehead atoms. The molecule has 142 valence electrons. The summed E-state index contributed by atoms with van der Waals surface area (Å²) >= 11 is 2.84. The number of thioether (sulfide) groups is 1. The maximum Gasteiger partial charge on any atom is 0.283 e. The van der Waals surface area contributed by atoms with Crippen molar-refractivity contribution >= 4 is 51.6 Å². The Bertz CT molecular complexity index is 1050. The van der Waals surface area contributed by atoms with Crippen LogP contribution < -0.4 is 0 Å². The Balaban J connectivity index is 1.56. The summed E-state index contributed by atoms with van der Waals surface area (Å²) in [5.41, 5.74) is 1.37. The highest BCUT2D eigenvalue weighted by molar-refractivity contribution is 8.27. The summed E-state index contributed by atoms with van der Waals surface area (Å²) in [6.07, 6.45) is 1.55. The van der Waals surface area contributed by atoms with E-state index in [0.29, 0.717) is 16.0 Å². The van der Waals surface area contributed by atoms with Gasteiger partial charge < -0.3 is 4.42 Å². The summed E-state index contributed by atoms with van der Waals surface area (Å²) in [4.78, 5) is 17.6. The molecule has 0 unspecified atom stereocenters. The molecule has 2 aromatic rings. The van der Waals surface area contributed by atoms with E-state index in [1.165, 1.54) is 34.1 Å². The van der Waals surface area contributed by atoms with Crippen LogP contribution in [0, 0.1) is 18.3 Å². The number of amides is 1. The van der Waals surface area contributed by atoms with Crippen LogP contribution in [0.15, 0.2) is 66.5 Å². The lowest BCUT2D eigenvalue weighted by atomic mass is 10.1. The molecule has 0 saturated heterocycles. The van der Waals surface area contributed by atoms with Gasteiger partial charge in [0, 0.05) is 10.8 Å². The highest BCUT2D eigenvalue weighted by Crippen LogP contribution is 2.32. The van der Waals surface area contributed by atoms with Gasteiger partial charge in [-0.25, -0.2) is 0 Å². The average molecular weight is 411 g/mol. The molecule has 0 atom stereocenters. The molecule has 2 aliphatic rings. The molecule has 1 aromatic heterocycles. The molecule has 1 aromatic carbocycles. The van der Waals surface area contributed by atoms with Crippen LogP contribution in [0.2, 0.25) is 0 Å². The lowest BCUT2D eigenvalue weighted by Gasteiger charge is -2.19. The third-order valence-electron chi connectivity index (χ3n) is 4.09. The van der Waals surface area contributed by atoms with Gasteiger partial charge in [-0.1, -0.05) is 43.3 Å². The van der Waals surface area contributed by atoms with Crippen LogP contribution >= 0.6 is 23.5 Å². The van der Waals surface area contributed by atoms with Gasteiger partial charge in [-0.3, -0.25) is 10.2 Å². The number of furan rings is 1. The van der Waals surface area contributed by atoms with E-state index in [9.17, 15) is 4.79 Å². The molecule has 1 amide bonds. The summed E-state index contributed by atoms with van der Waals surface area (Å²) in [6, 6.07) is 11.8. The highest BCUT2D eigenvalue weighted by atomic mass is 32.2. The van der Waals surface area contributed by atoms with Gasteiger partial charge in [0.05, 0.1) is 5.57 Å². The second kappa shape index (κ2) is 7.44. The van der Waals surface area contributed by atoms with Crippen molar-refractivity contribution < 1.29 is 9.21 Å². The fourth-order valence-electron chi connectivity index (χ4n) is 2.57. The molecule has 0 aliphatic carbocycles. The zero-order valence-corrected chi connectivity index (χ0v) is 17.2.